The molecule has 0 unspecified atom stereocenters. The normalized spacial score (nSPS) is 11.1. The third-order valence-corrected chi connectivity index (χ3v) is 4.02. The van der Waals surface area contributed by atoms with Gasteiger partial charge in [-0.25, -0.2) is 9.67 Å². The van der Waals surface area contributed by atoms with Crippen LogP contribution < -0.4 is 5.32 Å². The standard InChI is InChI=1S/C19H22N4O2/c1-5-15-18(25-11-20-15)19(24)21-17-10-16(12(2)3)22-23(17)14-8-6-13(4)7-9-14/h6-12H,5H2,1-4H3,(H,21,24). The molecule has 6 heteroatoms. The van der Waals surface area contributed by atoms with Gasteiger partial charge in [0.15, 0.2) is 6.39 Å². The monoisotopic (exact) mass is 338 g/mol. The molecule has 2 heterocycles. The molecule has 0 saturated heterocycles. The average molecular weight is 338 g/mol. The number of aromatic nitrogens is 3. The Morgan fingerprint density at radius 2 is 2.00 bits per heavy atom. The van der Waals surface area contributed by atoms with Gasteiger partial charge in [0.05, 0.1) is 17.1 Å². The molecule has 1 aromatic carbocycles. The number of hydrogen-bond donors (Lipinski definition) is 1. The van der Waals surface area contributed by atoms with E-state index in [4.69, 9.17) is 4.42 Å². The third kappa shape index (κ3) is 3.47. The zero-order chi connectivity index (χ0) is 18.0. The Kier molecular flexibility index (Phi) is 4.70. The van der Waals surface area contributed by atoms with Crippen molar-refractivity contribution in [3.05, 3.63) is 59.4 Å². The second-order valence-corrected chi connectivity index (χ2v) is 6.29. The molecule has 25 heavy (non-hydrogen) atoms. The van der Waals surface area contributed by atoms with Crippen molar-refractivity contribution < 1.29 is 9.21 Å². The van der Waals surface area contributed by atoms with Gasteiger partial charge in [-0.1, -0.05) is 38.5 Å². The zero-order valence-electron chi connectivity index (χ0n) is 14.9. The summed E-state index contributed by atoms with van der Waals surface area (Å²) in [7, 11) is 0. The maximum absolute atomic E-state index is 12.6. The lowest BCUT2D eigenvalue weighted by atomic mass is 10.1. The van der Waals surface area contributed by atoms with E-state index in [0.29, 0.717) is 17.9 Å². The topological polar surface area (TPSA) is 73.0 Å². The van der Waals surface area contributed by atoms with Crippen LogP contribution in [0.3, 0.4) is 0 Å². The van der Waals surface area contributed by atoms with Gasteiger partial charge in [-0.15, -0.1) is 0 Å². The van der Waals surface area contributed by atoms with Gasteiger partial charge in [0.1, 0.15) is 5.82 Å². The highest BCUT2D eigenvalue weighted by molar-refractivity contribution is 6.02. The average Bonchev–Trinajstić information content (AvgIpc) is 3.22. The van der Waals surface area contributed by atoms with Gasteiger partial charge in [0, 0.05) is 6.07 Å². The first-order chi connectivity index (χ1) is 12.0. The van der Waals surface area contributed by atoms with Crippen LogP contribution in [0.25, 0.3) is 5.69 Å². The van der Waals surface area contributed by atoms with Crippen molar-refractivity contribution >= 4 is 11.7 Å². The molecule has 0 saturated carbocycles. The van der Waals surface area contributed by atoms with E-state index in [1.165, 1.54) is 12.0 Å². The Bertz CT molecular complexity index is 875. The molecule has 6 nitrogen and oxygen atoms in total. The van der Waals surface area contributed by atoms with Gasteiger partial charge < -0.3 is 9.73 Å². The number of aryl methyl sites for hydroxylation is 2. The highest BCUT2D eigenvalue weighted by Gasteiger charge is 2.19. The summed E-state index contributed by atoms with van der Waals surface area (Å²) in [5.74, 6) is 0.776. The smallest absolute Gasteiger partial charge is 0.294 e. The molecule has 3 aromatic rings. The summed E-state index contributed by atoms with van der Waals surface area (Å²) in [6.45, 7) is 8.10. The molecule has 0 aliphatic carbocycles. The molecule has 1 amide bonds. The van der Waals surface area contributed by atoms with Crippen LogP contribution in [-0.2, 0) is 6.42 Å². The van der Waals surface area contributed by atoms with E-state index >= 15 is 0 Å². The predicted octanol–water partition coefficient (Wildman–Crippen LogP) is 4.11. The Morgan fingerprint density at radius 1 is 1.28 bits per heavy atom. The van der Waals surface area contributed by atoms with Gasteiger partial charge in [-0.2, -0.15) is 5.10 Å². The molecule has 3 rings (SSSR count). The molecule has 0 radical (unpaired) electrons. The molecule has 0 aliphatic heterocycles. The number of nitrogens with zero attached hydrogens (tertiary/aromatic N) is 3. The van der Waals surface area contributed by atoms with E-state index in [0.717, 1.165) is 11.4 Å². The van der Waals surface area contributed by atoms with Gasteiger partial charge in [0.25, 0.3) is 5.91 Å². The van der Waals surface area contributed by atoms with Crippen molar-refractivity contribution in [2.24, 2.45) is 0 Å². The molecular weight excluding hydrogens is 316 g/mol. The highest BCUT2D eigenvalue weighted by Crippen LogP contribution is 2.23. The van der Waals surface area contributed by atoms with Gasteiger partial charge in [-0.05, 0) is 31.4 Å². The van der Waals surface area contributed by atoms with Gasteiger partial charge in [0.2, 0.25) is 5.76 Å². The van der Waals surface area contributed by atoms with Crippen LogP contribution in [0.4, 0.5) is 5.82 Å². The summed E-state index contributed by atoms with van der Waals surface area (Å²) >= 11 is 0. The summed E-state index contributed by atoms with van der Waals surface area (Å²) in [6, 6.07) is 9.89. The molecule has 0 spiro atoms. The lowest BCUT2D eigenvalue weighted by Gasteiger charge is -2.08. The number of benzene rings is 1. The Hall–Kier alpha value is -2.89. The molecule has 0 atom stereocenters. The number of carbonyl (C=O) groups is 1. The third-order valence-electron chi connectivity index (χ3n) is 4.02. The SMILES string of the molecule is CCc1ncoc1C(=O)Nc1cc(C(C)C)nn1-c1ccc(C)cc1. The minimum Gasteiger partial charge on any atom is -0.438 e. The second kappa shape index (κ2) is 6.93. The molecule has 130 valence electrons. The maximum atomic E-state index is 12.6. The van der Waals surface area contributed by atoms with Crippen molar-refractivity contribution in [1.29, 1.82) is 0 Å². The van der Waals surface area contributed by atoms with Crippen LogP contribution >= 0.6 is 0 Å². The Labute approximate surface area is 146 Å². The van der Waals surface area contributed by atoms with Crippen molar-refractivity contribution in [3.63, 3.8) is 0 Å². The van der Waals surface area contributed by atoms with E-state index in [2.05, 4.69) is 29.2 Å². The van der Waals surface area contributed by atoms with Crippen molar-refractivity contribution in [2.75, 3.05) is 5.32 Å². The molecule has 0 bridgehead atoms. The van der Waals surface area contributed by atoms with Crippen LogP contribution in [0.15, 0.2) is 41.1 Å². The lowest BCUT2D eigenvalue weighted by molar-refractivity contribution is 0.0994. The van der Waals surface area contributed by atoms with Crippen LogP contribution in [0.1, 0.15) is 54.2 Å². The maximum Gasteiger partial charge on any atom is 0.294 e. The number of amides is 1. The first kappa shape index (κ1) is 17.0. The quantitative estimate of drug-likeness (QED) is 0.760. The first-order valence-corrected chi connectivity index (χ1v) is 8.40. The zero-order valence-corrected chi connectivity index (χ0v) is 14.9. The predicted molar refractivity (Wildman–Crippen MR) is 96.2 cm³/mol. The number of carbonyl (C=O) groups excluding carboxylic acids is 1. The Balaban J connectivity index is 1.97. The van der Waals surface area contributed by atoms with E-state index < -0.39 is 0 Å². The van der Waals surface area contributed by atoms with Crippen molar-refractivity contribution in [2.45, 2.75) is 40.0 Å². The van der Waals surface area contributed by atoms with Crippen molar-refractivity contribution in [1.82, 2.24) is 14.8 Å². The minimum absolute atomic E-state index is 0.241. The van der Waals surface area contributed by atoms with Crippen LogP contribution in [0, 0.1) is 6.92 Å². The number of rotatable bonds is 5. The molecule has 0 fully saturated rings. The van der Waals surface area contributed by atoms with Crippen molar-refractivity contribution in [3.8, 4) is 5.69 Å². The molecule has 2 aromatic heterocycles. The summed E-state index contributed by atoms with van der Waals surface area (Å²) in [5.41, 5.74) is 3.60. The van der Waals surface area contributed by atoms with Crippen LogP contribution in [-0.4, -0.2) is 20.7 Å². The molecule has 0 aliphatic rings. The van der Waals surface area contributed by atoms with E-state index in [1.807, 2.05) is 44.2 Å². The fourth-order valence-corrected chi connectivity index (χ4v) is 2.53. The number of nitrogens with one attached hydrogen (secondary N) is 1. The fraction of sp³-hybridized carbons (Fsp3) is 0.316. The highest BCUT2D eigenvalue weighted by atomic mass is 16.3. The van der Waals surface area contributed by atoms with E-state index in [-0.39, 0.29) is 17.6 Å². The summed E-state index contributed by atoms with van der Waals surface area (Å²) in [4.78, 5) is 16.7. The summed E-state index contributed by atoms with van der Waals surface area (Å²) in [6.07, 6.45) is 1.93. The Morgan fingerprint density at radius 3 is 2.64 bits per heavy atom. The summed E-state index contributed by atoms with van der Waals surface area (Å²) in [5, 5.41) is 7.55. The second-order valence-electron chi connectivity index (χ2n) is 6.29. The summed E-state index contributed by atoms with van der Waals surface area (Å²) < 4.78 is 7.00. The van der Waals surface area contributed by atoms with Gasteiger partial charge in [-0.3, -0.25) is 4.79 Å². The minimum atomic E-state index is -0.321. The lowest BCUT2D eigenvalue weighted by Crippen LogP contribution is -2.16. The first-order valence-electron chi connectivity index (χ1n) is 8.40. The molecular formula is C19H22N4O2. The molecule has 1 N–H and O–H groups in total. The number of hydrogen-bond acceptors (Lipinski definition) is 4. The number of oxazole rings is 1. The van der Waals surface area contributed by atoms with Gasteiger partial charge >= 0.3 is 0 Å². The number of anilines is 1. The van der Waals surface area contributed by atoms with Crippen LogP contribution in [0.2, 0.25) is 0 Å². The van der Waals surface area contributed by atoms with Crippen LogP contribution in [0.5, 0.6) is 0 Å². The van der Waals surface area contributed by atoms with E-state index in [1.54, 1.807) is 4.68 Å². The largest absolute Gasteiger partial charge is 0.438 e. The fourth-order valence-electron chi connectivity index (χ4n) is 2.53. The van der Waals surface area contributed by atoms with E-state index in [9.17, 15) is 4.79 Å².